The molecule has 0 aliphatic heterocycles. The summed E-state index contributed by atoms with van der Waals surface area (Å²) in [5.74, 6) is 3.44. The first-order valence-electron chi connectivity index (χ1n) is 6.98. The van der Waals surface area contributed by atoms with Gasteiger partial charge in [-0.3, -0.25) is 0 Å². The summed E-state index contributed by atoms with van der Waals surface area (Å²) in [6.07, 6.45) is 2.40. The highest BCUT2D eigenvalue weighted by Crippen LogP contribution is 2.40. The predicted molar refractivity (Wildman–Crippen MR) is 80.1 cm³/mol. The minimum absolute atomic E-state index is 0.541. The molecule has 2 heterocycles. The molecule has 5 nitrogen and oxygen atoms in total. The van der Waals surface area contributed by atoms with Gasteiger partial charge in [-0.2, -0.15) is 4.98 Å². The van der Waals surface area contributed by atoms with Gasteiger partial charge in [0, 0.05) is 11.3 Å². The van der Waals surface area contributed by atoms with Crippen molar-refractivity contribution in [1.29, 1.82) is 0 Å². The summed E-state index contributed by atoms with van der Waals surface area (Å²) in [7, 11) is 0. The Morgan fingerprint density at radius 1 is 1.19 bits per heavy atom. The van der Waals surface area contributed by atoms with Gasteiger partial charge in [0.25, 0.3) is 0 Å². The molecule has 0 saturated heterocycles. The van der Waals surface area contributed by atoms with E-state index >= 15 is 0 Å². The second kappa shape index (κ2) is 5.11. The van der Waals surface area contributed by atoms with Crippen molar-refractivity contribution >= 4 is 22.7 Å². The van der Waals surface area contributed by atoms with Crippen LogP contribution in [0.25, 0.3) is 10.9 Å². The molecule has 0 unspecified atom stereocenters. The highest BCUT2D eigenvalue weighted by atomic mass is 32.2. The fourth-order valence-electron chi connectivity index (χ4n) is 2.23. The third-order valence-electron chi connectivity index (χ3n) is 3.43. The van der Waals surface area contributed by atoms with Gasteiger partial charge in [0.15, 0.2) is 5.82 Å². The Morgan fingerprint density at radius 3 is 2.81 bits per heavy atom. The molecular weight excluding hydrogens is 284 g/mol. The number of benzene rings is 1. The van der Waals surface area contributed by atoms with E-state index in [0.717, 1.165) is 21.8 Å². The van der Waals surface area contributed by atoms with Gasteiger partial charge in [-0.05, 0) is 25.8 Å². The number of hydrogen-bond acceptors (Lipinski definition) is 6. The van der Waals surface area contributed by atoms with Crippen molar-refractivity contribution in [2.24, 2.45) is 0 Å². The first-order chi connectivity index (χ1) is 10.3. The van der Waals surface area contributed by atoms with Crippen LogP contribution in [0.15, 0.2) is 33.8 Å². The van der Waals surface area contributed by atoms with Gasteiger partial charge >= 0.3 is 0 Å². The lowest BCUT2D eigenvalue weighted by Crippen LogP contribution is -1.96. The third-order valence-corrected chi connectivity index (χ3v) is 4.41. The summed E-state index contributed by atoms with van der Waals surface area (Å²) in [4.78, 5) is 13.7. The Labute approximate surface area is 126 Å². The number of aryl methyl sites for hydroxylation is 1. The van der Waals surface area contributed by atoms with Crippen molar-refractivity contribution in [2.45, 2.75) is 36.5 Å². The van der Waals surface area contributed by atoms with E-state index in [1.807, 2.05) is 25.1 Å². The van der Waals surface area contributed by atoms with Crippen LogP contribution >= 0.6 is 11.8 Å². The number of thioether (sulfide) groups is 1. The van der Waals surface area contributed by atoms with Crippen molar-refractivity contribution in [3.8, 4) is 0 Å². The Bertz CT molecular complexity index is 797. The lowest BCUT2D eigenvalue weighted by molar-refractivity contribution is 0.387. The fourth-order valence-corrected chi connectivity index (χ4v) is 3.09. The molecule has 1 fully saturated rings. The molecule has 21 heavy (non-hydrogen) atoms. The number of aromatic nitrogens is 4. The van der Waals surface area contributed by atoms with Crippen molar-refractivity contribution in [2.75, 3.05) is 0 Å². The molecular formula is C15H14N4OS. The molecule has 1 saturated carbocycles. The molecule has 0 bridgehead atoms. The quantitative estimate of drug-likeness (QED) is 0.542. The Balaban J connectivity index is 1.68. The van der Waals surface area contributed by atoms with E-state index in [1.165, 1.54) is 12.8 Å². The maximum absolute atomic E-state index is 5.16. The standard InChI is InChI=1S/C15H14N4OS/c1-9-16-13(20-19-9)8-21-15-11-4-2-3-5-12(11)17-14(18-15)10-6-7-10/h2-5,10H,6-8H2,1H3. The SMILES string of the molecule is Cc1noc(CSc2nc(C3CC3)nc3ccccc23)n1. The van der Waals surface area contributed by atoms with Crippen LogP contribution in [0.5, 0.6) is 0 Å². The van der Waals surface area contributed by atoms with E-state index < -0.39 is 0 Å². The highest BCUT2D eigenvalue weighted by Gasteiger charge is 2.27. The smallest absolute Gasteiger partial charge is 0.237 e. The zero-order valence-corrected chi connectivity index (χ0v) is 12.4. The Kier molecular flexibility index (Phi) is 3.11. The highest BCUT2D eigenvalue weighted by molar-refractivity contribution is 7.98. The van der Waals surface area contributed by atoms with Crippen molar-refractivity contribution < 1.29 is 4.52 Å². The molecule has 1 aromatic carbocycles. The zero-order valence-electron chi connectivity index (χ0n) is 11.6. The average molecular weight is 298 g/mol. The molecule has 2 aromatic heterocycles. The molecule has 6 heteroatoms. The van der Waals surface area contributed by atoms with Crippen LogP contribution in [0.1, 0.15) is 36.3 Å². The second-order valence-electron chi connectivity index (χ2n) is 5.20. The maximum Gasteiger partial charge on any atom is 0.237 e. The minimum Gasteiger partial charge on any atom is -0.338 e. The molecule has 1 aliphatic carbocycles. The van der Waals surface area contributed by atoms with Gasteiger partial charge in [-0.15, -0.1) is 0 Å². The second-order valence-corrected chi connectivity index (χ2v) is 6.17. The molecule has 4 rings (SSSR count). The number of rotatable bonds is 4. The summed E-state index contributed by atoms with van der Waals surface area (Å²) in [6, 6.07) is 8.14. The van der Waals surface area contributed by atoms with Crippen LogP contribution in [-0.4, -0.2) is 20.1 Å². The maximum atomic E-state index is 5.16. The van der Waals surface area contributed by atoms with Crippen LogP contribution in [0.3, 0.4) is 0 Å². The van der Waals surface area contributed by atoms with Crippen LogP contribution in [0.2, 0.25) is 0 Å². The first kappa shape index (κ1) is 12.8. The zero-order chi connectivity index (χ0) is 14.2. The summed E-state index contributed by atoms with van der Waals surface area (Å²) in [5, 5.41) is 5.90. The van der Waals surface area contributed by atoms with E-state index in [4.69, 9.17) is 9.51 Å². The van der Waals surface area contributed by atoms with Gasteiger partial charge in [0.05, 0.1) is 11.3 Å². The van der Waals surface area contributed by atoms with E-state index in [1.54, 1.807) is 11.8 Å². The number of fused-ring (bicyclic) bond motifs is 1. The van der Waals surface area contributed by atoms with E-state index in [9.17, 15) is 0 Å². The topological polar surface area (TPSA) is 64.7 Å². The normalized spacial score (nSPS) is 14.7. The molecule has 0 amide bonds. The molecule has 3 aromatic rings. The van der Waals surface area contributed by atoms with Crippen LogP contribution in [-0.2, 0) is 5.75 Å². The summed E-state index contributed by atoms with van der Waals surface area (Å²) in [5.41, 5.74) is 1.01. The largest absolute Gasteiger partial charge is 0.338 e. The van der Waals surface area contributed by atoms with Crippen molar-refractivity contribution in [1.82, 2.24) is 20.1 Å². The number of hydrogen-bond donors (Lipinski definition) is 0. The Morgan fingerprint density at radius 2 is 2.05 bits per heavy atom. The van der Waals surface area contributed by atoms with Gasteiger partial charge in [0.2, 0.25) is 5.89 Å². The van der Waals surface area contributed by atoms with E-state index in [2.05, 4.69) is 21.2 Å². The third kappa shape index (κ3) is 2.63. The monoisotopic (exact) mass is 298 g/mol. The molecule has 0 atom stereocenters. The summed E-state index contributed by atoms with van der Waals surface area (Å²) < 4.78 is 5.16. The molecule has 1 aliphatic rings. The average Bonchev–Trinajstić information content (AvgIpc) is 3.27. The van der Waals surface area contributed by atoms with Gasteiger partial charge in [0.1, 0.15) is 10.9 Å². The van der Waals surface area contributed by atoms with Crippen molar-refractivity contribution in [3.63, 3.8) is 0 Å². The van der Waals surface area contributed by atoms with Crippen LogP contribution in [0, 0.1) is 6.92 Å². The molecule has 0 N–H and O–H groups in total. The van der Waals surface area contributed by atoms with Crippen LogP contribution < -0.4 is 0 Å². The minimum atomic E-state index is 0.541. The summed E-state index contributed by atoms with van der Waals surface area (Å²) >= 11 is 1.63. The van der Waals surface area contributed by atoms with Gasteiger partial charge in [-0.25, -0.2) is 9.97 Å². The fraction of sp³-hybridized carbons (Fsp3) is 0.333. The Hall–Kier alpha value is -1.95. The van der Waals surface area contributed by atoms with Crippen molar-refractivity contribution in [3.05, 3.63) is 41.8 Å². The van der Waals surface area contributed by atoms with Gasteiger partial charge < -0.3 is 4.52 Å². The molecule has 0 radical (unpaired) electrons. The molecule has 0 spiro atoms. The summed E-state index contributed by atoms with van der Waals surface area (Å²) in [6.45, 7) is 1.82. The first-order valence-corrected chi connectivity index (χ1v) is 7.97. The van der Waals surface area contributed by atoms with E-state index in [0.29, 0.717) is 23.4 Å². The molecule has 106 valence electrons. The number of nitrogens with zero attached hydrogens (tertiary/aromatic N) is 4. The lowest BCUT2D eigenvalue weighted by atomic mass is 10.2. The number of para-hydroxylation sites is 1. The van der Waals surface area contributed by atoms with E-state index in [-0.39, 0.29) is 0 Å². The van der Waals surface area contributed by atoms with Gasteiger partial charge in [-0.1, -0.05) is 35.1 Å². The lowest BCUT2D eigenvalue weighted by Gasteiger charge is -2.06. The van der Waals surface area contributed by atoms with Crippen LogP contribution in [0.4, 0.5) is 0 Å². The predicted octanol–water partition coefficient (Wildman–Crippen LogP) is 3.49.